The molecule has 7 nitrogen and oxygen atoms in total. The number of carbonyl (C=O) groups is 1. The highest BCUT2D eigenvalue weighted by atomic mass is 19.4. The number of furan rings is 1. The van der Waals surface area contributed by atoms with E-state index in [4.69, 9.17) is 9.15 Å². The molecular weight excluding hydrogens is 389 g/mol. The van der Waals surface area contributed by atoms with E-state index in [0.29, 0.717) is 22.3 Å². The largest absolute Gasteiger partial charge is 0.489 e. The minimum Gasteiger partial charge on any atom is -0.489 e. The first-order chi connectivity index (χ1) is 13.8. The van der Waals surface area contributed by atoms with Crippen LogP contribution in [0.3, 0.4) is 0 Å². The topological polar surface area (TPSA) is 73.4 Å². The Morgan fingerprint density at radius 3 is 2.90 bits per heavy atom. The molecule has 0 aliphatic carbocycles. The Balaban J connectivity index is 1.67. The van der Waals surface area contributed by atoms with Gasteiger partial charge in [0.2, 0.25) is 5.82 Å². The molecule has 0 bridgehead atoms. The molecule has 2 aromatic heterocycles. The maximum absolute atomic E-state index is 13.1. The number of hydrogen-bond donors (Lipinski definition) is 0. The fourth-order valence-corrected chi connectivity index (χ4v) is 3.47. The van der Waals surface area contributed by atoms with E-state index in [1.807, 2.05) is 0 Å². The highest BCUT2D eigenvalue weighted by Crippen LogP contribution is 2.34. The third-order valence-electron chi connectivity index (χ3n) is 4.84. The molecule has 29 heavy (non-hydrogen) atoms. The van der Waals surface area contributed by atoms with Gasteiger partial charge in [0.05, 0.1) is 17.7 Å². The van der Waals surface area contributed by atoms with Crippen LogP contribution in [-0.2, 0) is 12.7 Å². The summed E-state index contributed by atoms with van der Waals surface area (Å²) in [6.07, 6.45) is -1.53. The maximum Gasteiger partial charge on any atom is 0.451 e. The summed E-state index contributed by atoms with van der Waals surface area (Å²) in [5, 5.41) is 7.66. The van der Waals surface area contributed by atoms with E-state index >= 15 is 0 Å². The van der Waals surface area contributed by atoms with Crippen molar-refractivity contribution >= 4 is 16.9 Å². The quantitative estimate of drug-likeness (QED) is 0.616. The number of nitrogens with zero attached hydrogens (tertiary/aromatic N) is 4. The Bertz CT molecular complexity index is 1090. The van der Waals surface area contributed by atoms with Gasteiger partial charge in [0.1, 0.15) is 17.9 Å². The number of rotatable bonds is 4. The monoisotopic (exact) mass is 406 g/mol. The van der Waals surface area contributed by atoms with Crippen LogP contribution in [0, 0.1) is 0 Å². The Hall–Kier alpha value is -3.30. The smallest absolute Gasteiger partial charge is 0.451 e. The third-order valence-corrected chi connectivity index (χ3v) is 4.84. The van der Waals surface area contributed by atoms with Gasteiger partial charge in [-0.1, -0.05) is 12.7 Å². The van der Waals surface area contributed by atoms with Gasteiger partial charge in [-0.15, -0.1) is 10.2 Å². The first kappa shape index (κ1) is 19.0. The van der Waals surface area contributed by atoms with E-state index in [9.17, 15) is 18.0 Å². The van der Waals surface area contributed by atoms with Crippen molar-refractivity contribution in [2.24, 2.45) is 0 Å². The van der Waals surface area contributed by atoms with Gasteiger partial charge in [-0.25, -0.2) is 0 Å². The van der Waals surface area contributed by atoms with E-state index in [2.05, 4.69) is 16.8 Å². The zero-order chi connectivity index (χ0) is 20.8. The Kier molecular flexibility index (Phi) is 4.56. The lowest BCUT2D eigenvalue weighted by molar-refractivity contribution is -0.148. The van der Waals surface area contributed by atoms with Crippen LogP contribution >= 0.6 is 0 Å². The number of benzene rings is 1. The number of aromatic nitrogens is 3. The molecule has 1 atom stereocenters. The van der Waals surface area contributed by atoms with Gasteiger partial charge in [-0.3, -0.25) is 4.79 Å². The molecule has 0 spiro atoms. The summed E-state index contributed by atoms with van der Waals surface area (Å²) in [4.78, 5) is 14.6. The SMILES string of the molecule is C=CCOc1cc(C(=O)N2CCn3c(nnc3C(F)(F)F)C2C)cc2occc12. The summed E-state index contributed by atoms with van der Waals surface area (Å²) in [5.74, 6) is -0.851. The van der Waals surface area contributed by atoms with Gasteiger partial charge in [0.25, 0.3) is 5.91 Å². The number of ether oxygens (including phenoxy) is 1. The van der Waals surface area contributed by atoms with Crippen LogP contribution < -0.4 is 4.74 Å². The Morgan fingerprint density at radius 2 is 2.17 bits per heavy atom. The average molecular weight is 406 g/mol. The number of halogens is 3. The van der Waals surface area contributed by atoms with Crippen molar-refractivity contribution in [3.63, 3.8) is 0 Å². The van der Waals surface area contributed by atoms with Crippen LogP contribution in [0.5, 0.6) is 5.75 Å². The molecule has 4 rings (SSSR count). The van der Waals surface area contributed by atoms with E-state index in [0.717, 1.165) is 4.57 Å². The number of carbonyl (C=O) groups excluding carboxylic acids is 1. The molecule has 10 heteroatoms. The van der Waals surface area contributed by atoms with Crippen molar-refractivity contribution < 1.29 is 27.1 Å². The molecule has 0 saturated carbocycles. The average Bonchev–Trinajstić information content (AvgIpc) is 3.32. The van der Waals surface area contributed by atoms with Crippen LogP contribution in [0.2, 0.25) is 0 Å². The van der Waals surface area contributed by atoms with Crippen LogP contribution in [0.15, 0.2) is 41.5 Å². The molecule has 1 aliphatic rings. The molecule has 1 aliphatic heterocycles. The Morgan fingerprint density at radius 1 is 1.38 bits per heavy atom. The number of hydrogen-bond acceptors (Lipinski definition) is 5. The van der Waals surface area contributed by atoms with Gasteiger partial charge in [0, 0.05) is 18.7 Å². The van der Waals surface area contributed by atoms with Crippen molar-refractivity contribution in [3.05, 3.63) is 54.3 Å². The van der Waals surface area contributed by atoms with E-state index in [-0.39, 0.29) is 31.4 Å². The lowest BCUT2D eigenvalue weighted by Gasteiger charge is -2.34. The zero-order valence-electron chi connectivity index (χ0n) is 15.4. The molecule has 3 heterocycles. The standard InChI is InChI=1S/C19H17F3N4O3/c1-3-7-28-14-9-12(10-15-13(14)4-8-29-15)17(27)25-5-6-26-16(11(25)2)23-24-18(26)19(20,21)22/h3-4,8-11H,1,5-7H2,2H3. The summed E-state index contributed by atoms with van der Waals surface area (Å²) in [6, 6.07) is 4.24. The van der Waals surface area contributed by atoms with Crippen LogP contribution in [0.25, 0.3) is 11.0 Å². The molecule has 0 saturated heterocycles. The maximum atomic E-state index is 13.1. The van der Waals surface area contributed by atoms with Gasteiger partial charge in [-0.2, -0.15) is 13.2 Å². The predicted molar refractivity (Wildman–Crippen MR) is 96.4 cm³/mol. The lowest BCUT2D eigenvalue weighted by Crippen LogP contribution is -2.42. The molecule has 152 valence electrons. The number of amides is 1. The number of fused-ring (bicyclic) bond motifs is 2. The van der Waals surface area contributed by atoms with Crippen molar-refractivity contribution in [1.29, 1.82) is 0 Å². The third kappa shape index (κ3) is 3.24. The van der Waals surface area contributed by atoms with Crippen molar-refractivity contribution in [2.75, 3.05) is 13.2 Å². The first-order valence-corrected chi connectivity index (χ1v) is 8.87. The zero-order valence-corrected chi connectivity index (χ0v) is 15.4. The molecule has 0 radical (unpaired) electrons. The van der Waals surface area contributed by atoms with Crippen LogP contribution in [-0.4, -0.2) is 38.7 Å². The second-order valence-electron chi connectivity index (χ2n) is 6.61. The van der Waals surface area contributed by atoms with E-state index < -0.39 is 18.0 Å². The highest BCUT2D eigenvalue weighted by molar-refractivity contribution is 5.99. The molecule has 0 fully saturated rings. The van der Waals surface area contributed by atoms with Gasteiger partial charge in [0.15, 0.2) is 5.82 Å². The fraction of sp³-hybridized carbons (Fsp3) is 0.316. The summed E-state index contributed by atoms with van der Waals surface area (Å²) in [7, 11) is 0. The minimum atomic E-state index is -4.60. The lowest BCUT2D eigenvalue weighted by atomic mass is 10.1. The van der Waals surface area contributed by atoms with Crippen molar-refractivity contribution in [2.45, 2.75) is 25.7 Å². The summed E-state index contributed by atoms with van der Waals surface area (Å²) < 4.78 is 51.3. The van der Waals surface area contributed by atoms with Gasteiger partial charge in [-0.05, 0) is 25.1 Å². The second kappa shape index (κ2) is 6.94. The van der Waals surface area contributed by atoms with Gasteiger partial charge < -0.3 is 18.6 Å². The normalized spacial score (nSPS) is 16.7. The minimum absolute atomic E-state index is 0.0456. The molecule has 1 amide bonds. The Labute approximate surface area is 163 Å². The van der Waals surface area contributed by atoms with Gasteiger partial charge >= 0.3 is 6.18 Å². The molecule has 1 aromatic carbocycles. The summed E-state index contributed by atoms with van der Waals surface area (Å²) in [5.41, 5.74) is 0.782. The summed E-state index contributed by atoms with van der Waals surface area (Å²) >= 11 is 0. The molecule has 3 aromatic rings. The molecular formula is C19H17F3N4O3. The van der Waals surface area contributed by atoms with E-state index in [1.54, 1.807) is 31.2 Å². The van der Waals surface area contributed by atoms with Crippen LogP contribution in [0.1, 0.15) is 35.0 Å². The summed E-state index contributed by atoms with van der Waals surface area (Å²) in [6.45, 7) is 5.53. The number of alkyl halides is 3. The van der Waals surface area contributed by atoms with Crippen LogP contribution in [0.4, 0.5) is 13.2 Å². The molecule has 1 unspecified atom stereocenters. The second-order valence-corrected chi connectivity index (χ2v) is 6.61. The highest BCUT2D eigenvalue weighted by Gasteiger charge is 2.41. The fourth-order valence-electron chi connectivity index (χ4n) is 3.47. The first-order valence-electron chi connectivity index (χ1n) is 8.87. The van der Waals surface area contributed by atoms with E-state index in [1.165, 1.54) is 11.2 Å². The molecule has 0 N–H and O–H groups in total. The van der Waals surface area contributed by atoms with Crippen molar-refractivity contribution in [3.8, 4) is 5.75 Å². The van der Waals surface area contributed by atoms with Crippen molar-refractivity contribution in [1.82, 2.24) is 19.7 Å². The predicted octanol–water partition coefficient (Wildman–Crippen LogP) is 3.82.